The van der Waals surface area contributed by atoms with E-state index in [1.165, 1.54) is 0 Å². The largest absolute Gasteiger partial charge is 0.478 e. The molecule has 0 aliphatic rings. The summed E-state index contributed by atoms with van der Waals surface area (Å²) in [6, 6.07) is 6.77. The monoisotopic (exact) mass is 322 g/mol. The molecule has 3 N–H and O–H groups in total. The highest BCUT2D eigenvalue weighted by Gasteiger charge is 2.17. The third kappa shape index (κ3) is 8.21. The number of alkyl carbamates (subject to hydrolysis) is 1. The molecule has 0 aromatic heterocycles. The van der Waals surface area contributed by atoms with Crippen molar-refractivity contribution < 1.29 is 19.4 Å². The molecule has 0 fully saturated rings. The van der Waals surface area contributed by atoms with E-state index in [0.29, 0.717) is 6.54 Å². The van der Waals surface area contributed by atoms with Crippen LogP contribution in [0.4, 0.5) is 4.79 Å². The Labute approximate surface area is 137 Å². The highest BCUT2D eigenvalue weighted by Crippen LogP contribution is 2.07. The number of carbonyl (C=O) groups excluding carboxylic acids is 1. The van der Waals surface area contributed by atoms with Gasteiger partial charge in [0.25, 0.3) is 0 Å². The first-order valence-electron chi connectivity index (χ1n) is 7.70. The van der Waals surface area contributed by atoms with Gasteiger partial charge in [-0.3, -0.25) is 0 Å². The van der Waals surface area contributed by atoms with E-state index in [9.17, 15) is 9.59 Å². The van der Waals surface area contributed by atoms with Crippen molar-refractivity contribution in [3.8, 4) is 0 Å². The van der Waals surface area contributed by atoms with Gasteiger partial charge in [0.2, 0.25) is 0 Å². The Kier molecular flexibility index (Phi) is 7.03. The van der Waals surface area contributed by atoms with Gasteiger partial charge in [-0.2, -0.15) is 0 Å². The number of carboxylic acids is 1. The number of ether oxygens (including phenoxy) is 1. The minimum atomic E-state index is -0.924. The molecule has 6 heteroatoms. The van der Waals surface area contributed by atoms with Crippen molar-refractivity contribution in [1.82, 2.24) is 10.6 Å². The molecule has 6 nitrogen and oxygen atoms in total. The third-order valence-electron chi connectivity index (χ3n) is 3.05. The minimum absolute atomic E-state index is 0.00624. The lowest BCUT2D eigenvalue weighted by atomic mass is 10.1. The average molecular weight is 322 g/mol. The predicted molar refractivity (Wildman–Crippen MR) is 88.6 cm³/mol. The number of aromatic carboxylic acids is 1. The molecule has 1 aromatic rings. The first kappa shape index (κ1) is 19.0. The lowest BCUT2D eigenvalue weighted by molar-refractivity contribution is 0.0506. The molecular formula is C17H26N2O4. The van der Waals surface area contributed by atoms with Crippen LogP contribution in [0.5, 0.6) is 0 Å². The van der Waals surface area contributed by atoms with Crippen LogP contribution in [0.15, 0.2) is 24.3 Å². The molecule has 0 spiro atoms. The van der Waals surface area contributed by atoms with Crippen molar-refractivity contribution in [1.29, 1.82) is 0 Å². The smallest absolute Gasteiger partial charge is 0.407 e. The van der Waals surface area contributed by atoms with Gasteiger partial charge < -0.3 is 20.5 Å². The number of carboxylic acid groups (broad SMARTS) is 1. The van der Waals surface area contributed by atoms with E-state index in [1.807, 2.05) is 27.7 Å². The van der Waals surface area contributed by atoms with Crippen LogP contribution < -0.4 is 10.6 Å². The molecule has 0 heterocycles. The normalized spacial score (nSPS) is 12.5. The van der Waals surface area contributed by atoms with Gasteiger partial charge in [-0.25, -0.2) is 9.59 Å². The molecule has 1 atom stereocenters. The number of benzene rings is 1. The Morgan fingerprint density at radius 2 is 1.83 bits per heavy atom. The average Bonchev–Trinajstić information content (AvgIpc) is 2.42. The number of hydrogen-bond donors (Lipinski definition) is 3. The third-order valence-corrected chi connectivity index (χ3v) is 3.05. The fourth-order valence-corrected chi connectivity index (χ4v) is 1.90. The highest BCUT2D eigenvalue weighted by atomic mass is 16.6. The summed E-state index contributed by atoms with van der Waals surface area (Å²) >= 11 is 0. The summed E-state index contributed by atoms with van der Waals surface area (Å²) < 4.78 is 5.20. The van der Waals surface area contributed by atoms with Crippen LogP contribution in [0.25, 0.3) is 0 Å². The summed E-state index contributed by atoms with van der Waals surface area (Å²) in [4.78, 5) is 22.4. The zero-order valence-corrected chi connectivity index (χ0v) is 14.2. The van der Waals surface area contributed by atoms with Crippen molar-refractivity contribution >= 4 is 12.1 Å². The fraction of sp³-hybridized carbons (Fsp3) is 0.529. The maximum atomic E-state index is 11.6. The Bertz CT molecular complexity index is 520. The Hall–Kier alpha value is -2.08. The van der Waals surface area contributed by atoms with Gasteiger partial charge in [-0.1, -0.05) is 12.1 Å². The molecule has 128 valence electrons. The van der Waals surface area contributed by atoms with Crippen LogP contribution >= 0.6 is 0 Å². The van der Waals surface area contributed by atoms with Gasteiger partial charge >= 0.3 is 12.1 Å². The van der Waals surface area contributed by atoms with E-state index in [-0.39, 0.29) is 11.6 Å². The fourth-order valence-electron chi connectivity index (χ4n) is 1.90. The maximum Gasteiger partial charge on any atom is 0.407 e. The zero-order chi connectivity index (χ0) is 17.5. The summed E-state index contributed by atoms with van der Waals surface area (Å²) in [6.45, 7) is 8.79. The van der Waals surface area contributed by atoms with Crippen molar-refractivity contribution in [2.45, 2.75) is 52.3 Å². The summed E-state index contributed by atoms with van der Waals surface area (Å²) in [6.07, 6.45) is 0.362. The molecular weight excluding hydrogens is 296 g/mol. The second-order valence-corrected chi connectivity index (χ2v) is 6.51. The van der Waals surface area contributed by atoms with Crippen LogP contribution in [0.3, 0.4) is 0 Å². The van der Waals surface area contributed by atoms with E-state index >= 15 is 0 Å². The van der Waals surface area contributed by atoms with E-state index in [4.69, 9.17) is 9.84 Å². The molecule has 1 amide bonds. The van der Waals surface area contributed by atoms with E-state index < -0.39 is 17.7 Å². The number of nitrogens with one attached hydrogen (secondary N) is 2. The molecule has 1 rings (SSSR count). The Morgan fingerprint density at radius 3 is 2.35 bits per heavy atom. The molecule has 0 aliphatic carbocycles. The summed E-state index contributed by atoms with van der Waals surface area (Å²) in [5, 5.41) is 14.9. The number of rotatable bonds is 7. The molecule has 0 aliphatic heterocycles. The number of amides is 1. The van der Waals surface area contributed by atoms with Crippen molar-refractivity contribution in [2.24, 2.45) is 0 Å². The van der Waals surface area contributed by atoms with Gasteiger partial charge in [0.05, 0.1) is 5.56 Å². The van der Waals surface area contributed by atoms with Gasteiger partial charge in [0.15, 0.2) is 0 Å². The highest BCUT2D eigenvalue weighted by molar-refractivity contribution is 5.87. The molecule has 1 unspecified atom stereocenters. The topological polar surface area (TPSA) is 87.7 Å². The molecule has 0 bridgehead atoms. The quantitative estimate of drug-likeness (QED) is 0.672. The van der Waals surface area contributed by atoms with Crippen LogP contribution in [0.2, 0.25) is 0 Å². The molecule has 1 aromatic carbocycles. The van der Waals surface area contributed by atoms with E-state index in [1.54, 1.807) is 24.3 Å². The lowest BCUT2D eigenvalue weighted by Gasteiger charge is -2.22. The van der Waals surface area contributed by atoms with Crippen LogP contribution in [0.1, 0.15) is 50.0 Å². The van der Waals surface area contributed by atoms with E-state index in [2.05, 4.69) is 10.6 Å². The SMILES string of the molecule is CC(CCNCc1ccc(C(=O)O)cc1)NC(=O)OC(C)(C)C. The predicted octanol–water partition coefficient (Wildman–Crippen LogP) is 2.78. The molecule has 0 radical (unpaired) electrons. The minimum Gasteiger partial charge on any atom is -0.478 e. The van der Waals surface area contributed by atoms with Gasteiger partial charge in [-0.05, 0) is 58.4 Å². The lowest BCUT2D eigenvalue weighted by Crippen LogP contribution is -2.38. The van der Waals surface area contributed by atoms with Crippen molar-refractivity contribution in [3.05, 3.63) is 35.4 Å². The van der Waals surface area contributed by atoms with Crippen LogP contribution in [0, 0.1) is 0 Å². The first-order chi connectivity index (χ1) is 10.7. The molecule has 0 saturated heterocycles. The van der Waals surface area contributed by atoms with Gasteiger partial charge in [0.1, 0.15) is 5.60 Å². The second kappa shape index (κ2) is 8.53. The maximum absolute atomic E-state index is 11.6. The number of hydrogen-bond acceptors (Lipinski definition) is 4. The van der Waals surface area contributed by atoms with Crippen molar-refractivity contribution in [3.63, 3.8) is 0 Å². The van der Waals surface area contributed by atoms with Crippen LogP contribution in [-0.4, -0.2) is 35.4 Å². The Balaban J connectivity index is 2.23. The van der Waals surface area contributed by atoms with E-state index in [0.717, 1.165) is 18.5 Å². The first-order valence-corrected chi connectivity index (χ1v) is 7.70. The molecule has 23 heavy (non-hydrogen) atoms. The Morgan fingerprint density at radius 1 is 1.22 bits per heavy atom. The molecule has 0 saturated carbocycles. The summed E-state index contributed by atoms with van der Waals surface area (Å²) in [5.41, 5.74) is 0.802. The summed E-state index contributed by atoms with van der Waals surface area (Å²) in [7, 11) is 0. The van der Waals surface area contributed by atoms with Gasteiger partial charge in [-0.15, -0.1) is 0 Å². The standard InChI is InChI=1S/C17H26N2O4/c1-12(19-16(22)23-17(2,3)4)9-10-18-11-13-5-7-14(8-6-13)15(20)21/h5-8,12,18H,9-11H2,1-4H3,(H,19,22)(H,20,21). The van der Waals surface area contributed by atoms with Crippen molar-refractivity contribution in [2.75, 3.05) is 6.54 Å². The second-order valence-electron chi connectivity index (χ2n) is 6.51. The van der Waals surface area contributed by atoms with Crippen LogP contribution in [-0.2, 0) is 11.3 Å². The number of carbonyl (C=O) groups is 2. The zero-order valence-electron chi connectivity index (χ0n) is 14.2. The van der Waals surface area contributed by atoms with Gasteiger partial charge in [0, 0.05) is 12.6 Å². The summed E-state index contributed by atoms with van der Waals surface area (Å²) in [5.74, 6) is -0.924.